The Balaban J connectivity index is 0.000000197. The molecular formula is C34H30Cl2Zr-2. The second-order valence-corrected chi connectivity index (χ2v) is 10.1. The van der Waals surface area contributed by atoms with Gasteiger partial charge >= 0.3 is 99.2 Å². The van der Waals surface area contributed by atoms with Crippen LogP contribution in [0.3, 0.4) is 0 Å². The third kappa shape index (κ3) is 8.28. The summed E-state index contributed by atoms with van der Waals surface area (Å²) in [5.74, 6) is 0.551. The van der Waals surface area contributed by atoms with Crippen molar-refractivity contribution in [1.82, 2.24) is 0 Å². The van der Waals surface area contributed by atoms with Crippen molar-refractivity contribution >= 4 is 24.8 Å². The van der Waals surface area contributed by atoms with Gasteiger partial charge in [0.1, 0.15) is 0 Å². The van der Waals surface area contributed by atoms with Crippen LogP contribution in [-0.4, -0.2) is 3.21 Å². The molecule has 0 heterocycles. The van der Waals surface area contributed by atoms with Crippen LogP contribution in [0.15, 0.2) is 132 Å². The molecule has 0 saturated heterocycles. The molecule has 37 heavy (non-hydrogen) atoms. The first kappa shape index (κ1) is 30.8. The van der Waals surface area contributed by atoms with Crippen LogP contribution in [0.2, 0.25) is 0 Å². The van der Waals surface area contributed by atoms with Crippen LogP contribution in [0.5, 0.6) is 0 Å². The van der Waals surface area contributed by atoms with Gasteiger partial charge in [0, 0.05) is 0 Å². The summed E-state index contributed by atoms with van der Waals surface area (Å²) in [6.45, 7) is 6.39. The molecule has 5 aromatic carbocycles. The Hall–Kier alpha value is -2.44. The Morgan fingerprint density at radius 2 is 1.05 bits per heavy atom. The van der Waals surface area contributed by atoms with Gasteiger partial charge in [-0.25, -0.2) is 11.1 Å². The molecule has 0 saturated carbocycles. The number of allylic oxidation sites excluding steroid dienone is 4. The van der Waals surface area contributed by atoms with Crippen LogP contribution < -0.4 is 24.8 Å². The van der Waals surface area contributed by atoms with Crippen molar-refractivity contribution in [3.05, 3.63) is 150 Å². The summed E-state index contributed by atoms with van der Waals surface area (Å²) >= 11 is 1.46. The fourth-order valence-corrected chi connectivity index (χ4v) is 5.10. The first-order valence-electron chi connectivity index (χ1n) is 12.0. The van der Waals surface area contributed by atoms with Crippen molar-refractivity contribution in [2.75, 3.05) is 0 Å². The maximum Gasteiger partial charge on any atom is -0.0771 e. The van der Waals surface area contributed by atoms with E-state index in [2.05, 4.69) is 148 Å². The summed E-state index contributed by atoms with van der Waals surface area (Å²) < 4.78 is 1.42. The predicted molar refractivity (Wildman–Crippen MR) is 148 cm³/mol. The fraction of sp³-hybridized carbons (Fsp3) is 0.118. The van der Waals surface area contributed by atoms with Gasteiger partial charge in [-0.2, -0.15) is 6.08 Å². The van der Waals surface area contributed by atoms with E-state index in [1.165, 1.54) is 71.3 Å². The molecule has 5 aromatic rings. The fourth-order valence-electron chi connectivity index (χ4n) is 4.28. The maximum atomic E-state index is 3.29. The Morgan fingerprint density at radius 3 is 1.41 bits per heavy atom. The normalized spacial score (nSPS) is 13.6. The second kappa shape index (κ2) is 15.1. The van der Waals surface area contributed by atoms with Gasteiger partial charge in [0.15, 0.2) is 0 Å². The molecule has 6 rings (SSSR count). The number of benzene rings is 4. The van der Waals surface area contributed by atoms with Gasteiger partial charge in [0.05, 0.1) is 0 Å². The van der Waals surface area contributed by atoms with Crippen LogP contribution in [0.1, 0.15) is 31.9 Å². The van der Waals surface area contributed by atoms with Gasteiger partial charge in [-0.3, -0.25) is 6.08 Å². The summed E-state index contributed by atoms with van der Waals surface area (Å²) in [4.78, 5) is 0. The van der Waals surface area contributed by atoms with Gasteiger partial charge in [-0.05, 0) is 0 Å². The van der Waals surface area contributed by atoms with Gasteiger partial charge in [-0.1, -0.05) is 56.2 Å². The van der Waals surface area contributed by atoms with E-state index >= 15 is 0 Å². The summed E-state index contributed by atoms with van der Waals surface area (Å²) in [6.07, 6.45) is 5.52. The third-order valence-corrected chi connectivity index (χ3v) is 7.60. The zero-order chi connectivity index (χ0) is 24.6. The number of halogens is 2. The monoisotopic (exact) mass is 598 g/mol. The minimum atomic E-state index is 0. The molecule has 0 nitrogen and oxygen atoms in total. The van der Waals surface area contributed by atoms with E-state index in [-0.39, 0.29) is 24.8 Å². The van der Waals surface area contributed by atoms with Crippen molar-refractivity contribution in [3.63, 3.8) is 0 Å². The smallest absolute Gasteiger partial charge is 0.0771 e. The molecule has 0 fully saturated rings. The van der Waals surface area contributed by atoms with Crippen LogP contribution in [-0.2, 0) is 24.2 Å². The van der Waals surface area contributed by atoms with Crippen molar-refractivity contribution in [1.29, 1.82) is 0 Å². The maximum absolute atomic E-state index is 3.29. The largest absolute Gasteiger partial charge is 0.126 e. The molecule has 3 heteroatoms. The van der Waals surface area contributed by atoms with E-state index in [0.717, 1.165) is 0 Å². The van der Waals surface area contributed by atoms with Gasteiger partial charge < -0.3 is 24.8 Å². The quantitative estimate of drug-likeness (QED) is 0.274. The molecule has 0 aliphatic heterocycles. The molecule has 1 unspecified atom stereocenters. The van der Waals surface area contributed by atoms with E-state index in [1.807, 2.05) is 0 Å². The van der Waals surface area contributed by atoms with E-state index in [0.29, 0.717) is 5.92 Å². The molecule has 0 N–H and O–H groups in total. The minimum absolute atomic E-state index is 0. The molecule has 0 bridgehead atoms. The SMILES string of the molecule is CC1=[C-]C(C)C=C1C.[Cl-].[Cl-].[Zr+2]=[C](c1ccccc1)c1ccccc1.c1ccc2c(c1)[cH-]c1ccccc12. The molecule has 1 atom stereocenters. The van der Waals surface area contributed by atoms with Crippen molar-refractivity contribution < 1.29 is 49.0 Å². The van der Waals surface area contributed by atoms with Crippen molar-refractivity contribution in [2.45, 2.75) is 20.8 Å². The van der Waals surface area contributed by atoms with Crippen molar-refractivity contribution in [2.24, 2.45) is 5.92 Å². The topological polar surface area (TPSA) is 0 Å². The van der Waals surface area contributed by atoms with Crippen LogP contribution in [0.4, 0.5) is 0 Å². The van der Waals surface area contributed by atoms with Crippen LogP contribution in [0, 0.1) is 12.0 Å². The van der Waals surface area contributed by atoms with Gasteiger partial charge in [-0.15, -0.1) is 46.7 Å². The standard InChI is InChI=1S/C13H9.C13H10.C8H11.2ClH.Zr/c1-3-7-12-10(5-1)9-11-6-2-4-8-13(11)12;1-3-7-12(8-4-1)11-13-9-5-2-6-10-13;1-6-4-7(2)8(3)5-6;;;/h1-9H;1-10H;4,6H,1-3H3;2*1H;/q-1;;-1;;;+2/p-2. The van der Waals surface area contributed by atoms with E-state index in [1.54, 1.807) is 0 Å². The zero-order valence-electron chi connectivity index (χ0n) is 21.4. The van der Waals surface area contributed by atoms with Gasteiger partial charge in [0.2, 0.25) is 0 Å². The number of hydrogen-bond donors (Lipinski definition) is 0. The number of hydrogen-bond acceptors (Lipinski definition) is 0. The first-order valence-corrected chi connectivity index (χ1v) is 13.3. The molecule has 186 valence electrons. The average Bonchev–Trinajstić information content (AvgIpc) is 3.43. The zero-order valence-corrected chi connectivity index (χ0v) is 25.4. The summed E-state index contributed by atoms with van der Waals surface area (Å²) in [7, 11) is 0. The summed E-state index contributed by atoms with van der Waals surface area (Å²) in [6, 6.07) is 40.4. The Morgan fingerprint density at radius 1 is 0.649 bits per heavy atom. The van der Waals surface area contributed by atoms with Gasteiger partial charge in [0.25, 0.3) is 0 Å². The molecule has 0 spiro atoms. The van der Waals surface area contributed by atoms with E-state index in [4.69, 9.17) is 0 Å². The number of fused-ring (bicyclic) bond motifs is 3. The minimum Gasteiger partial charge on any atom is -0.126 e. The Labute approximate surface area is 248 Å². The molecular weight excluding hydrogens is 571 g/mol. The van der Waals surface area contributed by atoms with E-state index in [9.17, 15) is 0 Å². The molecule has 1 aliphatic carbocycles. The molecule has 0 aromatic heterocycles. The Bertz CT molecular complexity index is 1370. The molecule has 0 amide bonds. The van der Waals surface area contributed by atoms with E-state index < -0.39 is 0 Å². The summed E-state index contributed by atoms with van der Waals surface area (Å²) in [5, 5.41) is 5.39. The van der Waals surface area contributed by atoms with Crippen LogP contribution >= 0.6 is 0 Å². The third-order valence-electron chi connectivity index (χ3n) is 6.18. The number of rotatable bonds is 2. The predicted octanol–water partition coefficient (Wildman–Crippen LogP) is 2.85. The average molecular weight is 601 g/mol. The molecule has 1 aliphatic rings. The van der Waals surface area contributed by atoms with Crippen molar-refractivity contribution in [3.8, 4) is 0 Å². The summed E-state index contributed by atoms with van der Waals surface area (Å²) in [5.41, 5.74) is 5.36. The Kier molecular flexibility index (Phi) is 12.6. The molecule has 0 radical (unpaired) electrons. The second-order valence-electron chi connectivity index (χ2n) is 8.83. The van der Waals surface area contributed by atoms with Crippen LogP contribution in [0.25, 0.3) is 21.5 Å². The first-order chi connectivity index (χ1) is 17.0.